The van der Waals surface area contributed by atoms with E-state index in [0.29, 0.717) is 11.4 Å². The Morgan fingerprint density at radius 3 is 2.51 bits per heavy atom. The number of aromatic nitrogens is 2. The summed E-state index contributed by atoms with van der Waals surface area (Å²) in [7, 11) is -0.687. The molecule has 0 aliphatic carbocycles. The predicted molar refractivity (Wildman–Crippen MR) is 154 cm³/mol. The van der Waals surface area contributed by atoms with E-state index in [0.717, 1.165) is 5.56 Å². The Morgan fingerprint density at radius 1 is 1.22 bits per heavy atom. The van der Waals surface area contributed by atoms with Gasteiger partial charge < -0.3 is 20.1 Å². The number of carbonyl (C=O) groups is 2. The number of hydrogen-bond acceptors (Lipinski definition) is 7. The summed E-state index contributed by atoms with van der Waals surface area (Å²) in [6, 6.07) is 12.6. The van der Waals surface area contributed by atoms with Crippen LogP contribution in [0.15, 0.2) is 53.4 Å². The summed E-state index contributed by atoms with van der Waals surface area (Å²) in [5.74, 6) is -0.998. The fourth-order valence-corrected chi connectivity index (χ4v) is 5.99. The first-order chi connectivity index (χ1) is 19.3. The monoisotopic (exact) mass is 583 g/mol. The van der Waals surface area contributed by atoms with Gasteiger partial charge in [-0.2, -0.15) is 9.40 Å². The van der Waals surface area contributed by atoms with Gasteiger partial charge in [0.05, 0.1) is 41.0 Å². The zero-order valence-corrected chi connectivity index (χ0v) is 25.0. The lowest BCUT2D eigenvalue weighted by Gasteiger charge is -2.38. The number of rotatable bonds is 8. The van der Waals surface area contributed by atoms with Crippen molar-refractivity contribution in [3.63, 3.8) is 0 Å². The summed E-state index contributed by atoms with van der Waals surface area (Å²) in [4.78, 5) is 28.6. The molecule has 2 heterocycles. The highest BCUT2D eigenvalue weighted by atomic mass is 32.2. The number of para-hydroxylation sites is 1. The van der Waals surface area contributed by atoms with E-state index >= 15 is 0 Å². The number of aliphatic hydroxyl groups is 1. The van der Waals surface area contributed by atoms with Gasteiger partial charge in [-0.25, -0.2) is 8.42 Å². The number of benzene rings is 2. The minimum Gasteiger partial charge on any atom is -0.486 e. The van der Waals surface area contributed by atoms with Crippen molar-refractivity contribution in [2.45, 2.75) is 44.7 Å². The lowest BCUT2D eigenvalue weighted by atomic mass is 9.99. The van der Waals surface area contributed by atoms with Gasteiger partial charge in [0, 0.05) is 26.6 Å². The average molecular weight is 584 g/mol. The number of nitrogens with one attached hydrogen (secondary N) is 1. The van der Waals surface area contributed by atoms with Crippen LogP contribution in [0.4, 0.5) is 5.69 Å². The molecule has 0 saturated heterocycles. The summed E-state index contributed by atoms with van der Waals surface area (Å²) in [5, 5.41) is 17.0. The molecular formula is C29H37N5O6S. The van der Waals surface area contributed by atoms with Gasteiger partial charge in [-0.15, -0.1) is 0 Å². The molecule has 0 spiro atoms. The zero-order valence-electron chi connectivity index (χ0n) is 24.2. The number of hydrogen-bond donors (Lipinski definition) is 2. The highest BCUT2D eigenvalue weighted by molar-refractivity contribution is 7.89. The van der Waals surface area contributed by atoms with Crippen LogP contribution < -0.4 is 10.1 Å². The van der Waals surface area contributed by atoms with Crippen LogP contribution in [0.25, 0.3) is 0 Å². The molecule has 0 bridgehead atoms. The minimum absolute atomic E-state index is 0.0183. The maximum absolute atomic E-state index is 13.7. The van der Waals surface area contributed by atoms with E-state index in [1.54, 1.807) is 74.3 Å². The lowest BCUT2D eigenvalue weighted by Crippen LogP contribution is -2.50. The fraction of sp³-hybridized carbons (Fsp3) is 0.414. The van der Waals surface area contributed by atoms with E-state index in [9.17, 15) is 23.1 Å². The number of ether oxygens (including phenoxy) is 1. The number of amides is 2. The summed E-state index contributed by atoms with van der Waals surface area (Å²) >= 11 is 0. The second-order valence-corrected chi connectivity index (χ2v) is 12.7. The van der Waals surface area contributed by atoms with Crippen molar-refractivity contribution in [1.29, 1.82) is 0 Å². The van der Waals surface area contributed by atoms with Crippen LogP contribution in [-0.4, -0.2) is 83.2 Å². The first-order valence-corrected chi connectivity index (χ1v) is 14.8. The van der Waals surface area contributed by atoms with Crippen molar-refractivity contribution < 1.29 is 27.9 Å². The van der Waals surface area contributed by atoms with Crippen LogP contribution in [0.5, 0.6) is 5.75 Å². The van der Waals surface area contributed by atoms with E-state index in [-0.39, 0.29) is 53.4 Å². The third kappa shape index (κ3) is 6.29. The van der Waals surface area contributed by atoms with Gasteiger partial charge in [-0.3, -0.25) is 14.3 Å². The molecule has 2 N–H and O–H groups in total. The van der Waals surface area contributed by atoms with Gasteiger partial charge in [0.1, 0.15) is 11.8 Å². The van der Waals surface area contributed by atoms with Crippen molar-refractivity contribution in [1.82, 2.24) is 19.0 Å². The molecular weight excluding hydrogens is 546 g/mol. The van der Waals surface area contributed by atoms with E-state index in [1.807, 2.05) is 13.8 Å². The van der Waals surface area contributed by atoms with Gasteiger partial charge in [0.2, 0.25) is 10.0 Å². The van der Waals surface area contributed by atoms with Crippen molar-refractivity contribution >= 4 is 27.5 Å². The van der Waals surface area contributed by atoms with Gasteiger partial charge in [0.15, 0.2) is 5.75 Å². The molecule has 11 nitrogen and oxygen atoms in total. The fourth-order valence-electron chi connectivity index (χ4n) is 4.81. The van der Waals surface area contributed by atoms with Crippen LogP contribution in [0.1, 0.15) is 46.0 Å². The molecule has 1 aromatic heterocycles. The number of carbonyl (C=O) groups excluding carboxylic acids is 2. The van der Waals surface area contributed by atoms with Gasteiger partial charge in [-0.05, 0) is 51.1 Å². The molecule has 1 aliphatic heterocycles. The normalized spacial score (nSPS) is 18.3. The molecule has 0 unspecified atom stereocenters. The Kier molecular flexibility index (Phi) is 8.86. The van der Waals surface area contributed by atoms with Crippen molar-refractivity contribution in [3.8, 4) is 5.75 Å². The van der Waals surface area contributed by atoms with Crippen LogP contribution in [0, 0.1) is 19.8 Å². The van der Waals surface area contributed by atoms with Crippen molar-refractivity contribution in [2.24, 2.45) is 13.0 Å². The molecule has 4 rings (SSSR count). The summed E-state index contributed by atoms with van der Waals surface area (Å²) in [5.41, 5.74) is 2.40. The molecule has 0 radical (unpaired) electrons. The number of aryl methyl sites for hydroxylation is 3. The zero-order chi connectivity index (χ0) is 30.1. The minimum atomic E-state index is -3.84. The quantitative estimate of drug-likeness (QED) is 0.417. The largest absolute Gasteiger partial charge is 0.486 e. The molecule has 1 aliphatic rings. The van der Waals surface area contributed by atoms with Crippen LogP contribution >= 0.6 is 0 Å². The Labute approximate surface area is 240 Å². The second-order valence-electron chi connectivity index (χ2n) is 10.7. The van der Waals surface area contributed by atoms with Crippen LogP contribution in [-0.2, 0) is 17.1 Å². The number of likely N-dealkylation sites (N-methyl/N-ethyl adjacent to an activating group) is 1. The van der Waals surface area contributed by atoms with E-state index in [4.69, 9.17) is 4.74 Å². The smallest absolute Gasteiger partial charge is 0.274 e. The maximum Gasteiger partial charge on any atom is 0.274 e. The predicted octanol–water partition coefficient (Wildman–Crippen LogP) is 2.83. The lowest BCUT2D eigenvalue weighted by molar-refractivity contribution is 0.0388. The maximum atomic E-state index is 13.7. The topological polar surface area (TPSA) is 134 Å². The van der Waals surface area contributed by atoms with Crippen molar-refractivity contribution in [3.05, 3.63) is 71.0 Å². The Balaban J connectivity index is 1.73. The molecule has 2 aromatic carbocycles. The van der Waals surface area contributed by atoms with E-state index in [2.05, 4.69) is 10.4 Å². The molecule has 0 saturated carbocycles. The second kappa shape index (κ2) is 12.0. The Hall–Kier alpha value is -3.74. The molecule has 41 heavy (non-hydrogen) atoms. The highest BCUT2D eigenvalue weighted by Gasteiger charge is 2.36. The van der Waals surface area contributed by atoms with Gasteiger partial charge in [0.25, 0.3) is 11.8 Å². The molecule has 3 aromatic rings. The average Bonchev–Trinajstić information content (AvgIpc) is 3.28. The highest BCUT2D eigenvalue weighted by Crippen LogP contribution is 2.35. The standard InChI is InChI=1S/C29H37N5O6S/c1-18-10-12-22(13-11-18)41(38,39)32(5)16-26-19(2)15-34(21(4)17-35)29(37)23-8-7-9-24(27(23)40-26)30-28(36)25-14-20(3)31-33(25)6/h7-14,19,21,26,35H,15-17H2,1-6H3,(H,30,36)/t19-,21-,26-/m0/s1. The molecule has 2 amide bonds. The molecule has 12 heteroatoms. The number of nitrogens with zero attached hydrogens (tertiary/aromatic N) is 4. The SMILES string of the molecule is Cc1ccc(S(=O)(=O)N(C)C[C@@H]2Oc3c(NC(=O)c4cc(C)nn4C)cccc3C(=O)N([C@@H](C)CO)C[C@@H]2C)cc1. The molecule has 0 fully saturated rings. The molecule has 220 valence electrons. The Morgan fingerprint density at radius 2 is 1.90 bits per heavy atom. The summed E-state index contributed by atoms with van der Waals surface area (Å²) < 4.78 is 36.0. The first kappa shape index (κ1) is 30.2. The Bertz CT molecular complexity index is 1540. The number of aliphatic hydroxyl groups excluding tert-OH is 1. The van der Waals surface area contributed by atoms with Crippen LogP contribution in [0.3, 0.4) is 0 Å². The van der Waals surface area contributed by atoms with Gasteiger partial charge in [-0.1, -0.05) is 30.7 Å². The summed E-state index contributed by atoms with van der Waals surface area (Å²) in [6.07, 6.45) is -0.697. The number of anilines is 1. The van der Waals surface area contributed by atoms with E-state index < -0.39 is 28.1 Å². The van der Waals surface area contributed by atoms with Crippen LogP contribution in [0.2, 0.25) is 0 Å². The third-order valence-corrected chi connectivity index (χ3v) is 9.18. The van der Waals surface area contributed by atoms with Gasteiger partial charge >= 0.3 is 0 Å². The number of sulfonamides is 1. The first-order valence-electron chi connectivity index (χ1n) is 13.4. The van der Waals surface area contributed by atoms with E-state index in [1.165, 1.54) is 16.0 Å². The summed E-state index contributed by atoms with van der Waals surface area (Å²) in [6.45, 7) is 7.23. The van der Waals surface area contributed by atoms with Crippen molar-refractivity contribution in [2.75, 3.05) is 32.1 Å². The third-order valence-electron chi connectivity index (χ3n) is 7.34. The molecule has 3 atom stereocenters. The number of fused-ring (bicyclic) bond motifs is 1.